The standard InChI is InChI=1S/C18H23N3O5S/c1-3-5-17(18(22)20-23)21(13-14-6-4-11-19-12-14)27(24,25)16-9-7-15(26-2)8-10-16/h4,6-12,17,23H,3,5,13H2,1-2H3,(H,20,22)/t17-/m1/s1. The third kappa shape index (κ3) is 5.03. The Bertz CT molecular complexity index is 841. The number of nitrogens with one attached hydrogen (secondary N) is 1. The largest absolute Gasteiger partial charge is 0.497 e. The van der Waals surface area contributed by atoms with Crippen LogP contribution in [0.4, 0.5) is 0 Å². The van der Waals surface area contributed by atoms with E-state index in [2.05, 4.69) is 4.98 Å². The zero-order valence-electron chi connectivity index (χ0n) is 15.2. The Labute approximate surface area is 158 Å². The van der Waals surface area contributed by atoms with Crippen LogP contribution in [0.15, 0.2) is 53.7 Å². The molecule has 0 fully saturated rings. The molecule has 146 valence electrons. The van der Waals surface area contributed by atoms with Crippen LogP contribution in [0.5, 0.6) is 5.75 Å². The van der Waals surface area contributed by atoms with Gasteiger partial charge in [-0.1, -0.05) is 19.4 Å². The van der Waals surface area contributed by atoms with Gasteiger partial charge in [0.15, 0.2) is 0 Å². The topological polar surface area (TPSA) is 109 Å². The lowest BCUT2D eigenvalue weighted by molar-refractivity contribution is -0.133. The van der Waals surface area contributed by atoms with Gasteiger partial charge in [0.2, 0.25) is 10.0 Å². The van der Waals surface area contributed by atoms with Crippen LogP contribution in [-0.2, 0) is 21.4 Å². The van der Waals surface area contributed by atoms with Crippen LogP contribution in [0, 0.1) is 0 Å². The van der Waals surface area contributed by atoms with Crippen LogP contribution in [0.1, 0.15) is 25.3 Å². The second-order valence-electron chi connectivity index (χ2n) is 5.87. The SMILES string of the molecule is CCC[C@H](C(=O)NO)N(Cc1cccnc1)S(=O)(=O)c1ccc(OC)cc1. The molecule has 1 heterocycles. The molecule has 0 aliphatic rings. The fourth-order valence-electron chi connectivity index (χ4n) is 2.67. The van der Waals surface area contributed by atoms with Gasteiger partial charge >= 0.3 is 0 Å². The van der Waals surface area contributed by atoms with Gasteiger partial charge in [-0.25, -0.2) is 13.9 Å². The highest BCUT2D eigenvalue weighted by Gasteiger charge is 2.35. The highest BCUT2D eigenvalue weighted by atomic mass is 32.2. The lowest BCUT2D eigenvalue weighted by Gasteiger charge is -2.29. The van der Waals surface area contributed by atoms with Gasteiger partial charge in [0.05, 0.1) is 12.0 Å². The molecular weight excluding hydrogens is 370 g/mol. The van der Waals surface area contributed by atoms with Crippen LogP contribution in [0.2, 0.25) is 0 Å². The number of nitrogens with zero attached hydrogens (tertiary/aromatic N) is 2. The Kier molecular flexibility index (Phi) is 7.28. The molecule has 1 aromatic carbocycles. The monoisotopic (exact) mass is 393 g/mol. The summed E-state index contributed by atoms with van der Waals surface area (Å²) in [7, 11) is -2.54. The first-order chi connectivity index (χ1) is 12.9. The molecule has 2 aromatic rings. The third-order valence-electron chi connectivity index (χ3n) is 4.05. The van der Waals surface area contributed by atoms with Crippen molar-refractivity contribution in [1.29, 1.82) is 0 Å². The Balaban J connectivity index is 2.49. The van der Waals surface area contributed by atoms with Crippen molar-refractivity contribution in [2.24, 2.45) is 0 Å². The van der Waals surface area contributed by atoms with Gasteiger partial charge in [-0.05, 0) is 42.3 Å². The van der Waals surface area contributed by atoms with Crippen molar-refractivity contribution in [2.75, 3.05) is 7.11 Å². The normalized spacial score (nSPS) is 12.6. The van der Waals surface area contributed by atoms with Crippen molar-refractivity contribution in [1.82, 2.24) is 14.8 Å². The summed E-state index contributed by atoms with van der Waals surface area (Å²) in [4.78, 5) is 16.2. The van der Waals surface area contributed by atoms with Crippen molar-refractivity contribution in [3.63, 3.8) is 0 Å². The molecule has 8 nitrogen and oxygen atoms in total. The molecule has 0 saturated heterocycles. The number of sulfonamides is 1. The first-order valence-electron chi connectivity index (χ1n) is 8.42. The van der Waals surface area contributed by atoms with Gasteiger partial charge in [-0.2, -0.15) is 4.31 Å². The Morgan fingerprint density at radius 3 is 2.52 bits per heavy atom. The summed E-state index contributed by atoms with van der Waals surface area (Å²) >= 11 is 0. The highest BCUT2D eigenvalue weighted by molar-refractivity contribution is 7.89. The van der Waals surface area contributed by atoms with Gasteiger partial charge in [0, 0.05) is 18.9 Å². The van der Waals surface area contributed by atoms with Crippen LogP contribution < -0.4 is 10.2 Å². The van der Waals surface area contributed by atoms with Gasteiger partial charge < -0.3 is 4.74 Å². The third-order valence-corrected chi connectivity index (χ3v) is 5.92. The quantitative estimate of drug-likeness (QED) is 0.498. The molecule has 1 atom stereocenters. The first-order valence-corrected chi connectivity index (χ1v) is 9.86. The van der Waals surface area contributed by atoms with E-state index in [1.807, 2.05) is 6.92 Å². The van der Waals surface area contributed by atoms with E-state index in [0.717, 1.165) is 4.31 Å². The molecule has 27 heavy (non-hydrogen) atoms. The lowest BCUT2D eigenvalue weighted by atomic mass is 10.1. The number of hydroxylamine groups is 1. The molecule has 0 aliphatic carbocycles. The van der Waals surface area contributed by atoms with Crippen LogP contribution in [-0.4, -0.2) is 42.0 Å². The van der Waals surface area contributed by atoms with E-state index in [9.17, 15) is 13.2 Å². The maximum Gasteiger partial charge on any atom is 0.261 e. The summed E-state index contributed by atoms with van der Waals surface area (Å²) in [6.45, 7) is 1.78. The number of amides is 1. The Hall–Kier alpha value is -2.49. The molecule has 1 amide bonds. The van der Waals surface area contributed by atoms with Gasteiger partial charge in [-0.3, -0.25) is 15.0 Å². The predicted octanol–water partition coefficient (Wildman–Crippen LogP) is 1.96. The molecule has 2 N–H and O–H groups in total. The number of methoxy groups -OCH3 is 1. The molecule has 0 spiro atoms. The second-order valence-corrected chi connectivity index (χ2v) is 7.76. The van der Waals surface area contributed by atoms with Gasteiger partial charge in [0.25, 0.3) is 5.91 Å². The summed E-state index contributed by atoms with van der Waals surface area (Å²) in [5, 5.41) is 9.10. The number of aromatic nitrogens is 1. The van der Waals surface area contributed by atoms with E-state index in [-0.39, 0.29) is 17.9 Å². The maximum atomic E-state index is 13.3. The lowest BCUT2D eigenvalue weighted by Crippen LogP contribution is -2.48. The van der Waals surface area contributed by atoms with Crippen molar-refractivity contribution in [2.45, 2.75) is 37.2 Å². The Morgan fingerprint density at radius 1 is 1.30 bits per heavy atom. The number of ether oxygens (including phenoxy) is 1. The number of carbonyl (C=O) groups is 1. The molecular formula is C18H23N3O5S. The van der Waals surface area contributed by atoms with E-state index in [1.54, 1.807) is 23.8 Å². The molecule has 0 radical (unpaired) electrons. The number of rotatable bonds is 9. The molecule has 9 heteroatoms. The van der Waals surface area contributed by atoms with E-state index >= 15 is 0 Å². The minimum Gasteiger partial charge on any atom is -0.497 e. The van der Waals surface area contributed by atoms with Crippen molar-refractivity contribution < 1.29 is 23.2 Å². The Morgan fingerprint density at radius 2 is 2.00 bits per heavy atom. The van der Waals surface area contributed by atoms with E-state index in [4.69, 9.17) is 9.94 Å². The summed E-state index contributed by atoms with van der Waals surface area (Å²) in [5.41, 5.74) is 2.20. The van der Waals surface area contributed by atoms with Crippen molar-refractivity contribution >= 4 is 15.9 Å². The number of hydrogen-bond acceptors (Lipinski definition) is 6. The zero-order valence-corrected chi connectivity index (χ0v) is 16.0. The number of pyridine rings is 1. The van der Waals surface area contributed by atoms with Crippen molar-refractivity contribution in [3.8, 4) is 5.75 Å². The molecule has 1 aromatic heterocycles. The fourth-order valence-corrected chi connectivity index (χ4v) is 4.28. The van der Waals surface area contributed by atoms with E-state index < -0.39 is 22.0 Å². The summed E-state index contributed by atoms with van der Waals surface area (Å²) < 4.78 is 32.7. The van der Waals surface area contributed by atoms with Crippen LogP contribution in [0.25, 0.3) is 0 Å². The maximum absolute atomic E-state index is 13.3. The fraction of sp³-hybridized carbons (Fsp3) is 0.333. The summed E-state index contributed by atoms with van der Waals surface area (Å²) in [6, 6.07) is 8.27. The smallest absolute Gasteiger partial charge is 0.261 e. The molecule has 0 saturated carbocycles. The molecule has 0 unspecified atom stereocenters. The molecule has 0 bridgehead atoms. The molecule has 2 rings (SSSR count). The minimum atomic E-state index is -4.02. The zero-order chi connectivity index (χ0) is 19.9. The average molecular weight is 393 g/mol. The summed E-state index contributed by atoms with van der Waals surface area (Å²) in [6.07, 6.45) is 3.92. The van der Waals surface area contributed by atoms with Gasteiger partial charge in [0.1, 0.15) is 11.8 Å². The highest BCUT2D eigenvalue weighted by Crippen LogP contribution is 2.25. The predicted molar refractivity (Wildman–Crippen MR) is 98.6 cm³/mol. The van der Waals surface area contributed by atoms with E-state index in [1.165, 1.54) is 37.6 Å². The number of benzene rings is 1. The van der Waals surface area contributed by atoms with Crippen LogP contribution in [0.3, 0.4) is 0 Å². The minimum absolute atomic E-state index is 0.0269. The van der Waals surface area contributed by atoms with E-state index in [0.29, 0.717) is 17.7 Å². The summed E-state index contributed by atoms with van der Waals surface area (Å²) in [5.74, 6) is -0.260. The average Bonchev–Trinajstić information content (AvgIpc) is 2.70. The van der Waals surface area contributed by atoms with Crippen molar-refractivity contribution in [3.05, 3.63) is 54.4 Å². The first kappa shape index (κ1) is 20.8. The second kappa shape index (κ2) is 9.45. The number of carbonyl (C=O) groups excluding carboxylic acids is 1. The van der Waals surface area contributed by atoms with Crippen LogP contribution >= 0.6 is 0 Å². The number of hydrogen-bond donors (Lipinski definition) is 2. The van der Waals surface area contributed by atoms with Gasteiger partial charge in [-0.15, -0.1) is 0 Å². The molecule has 0 aliphatic heterocycles.